The molecule has 28 heavy (non-hydrogen) atoms. The third-order valence-corrected chi connectivity index (χ3v) is 5.97. The quantitative estimate of drug-likeness (QED) is 0.617. The highest BCUT2D eigenvalue weighted by Gasteiger charge is 2.23. The van der Waals surface area contributed by atoms with Crippen molar-refractivity contribution in [1.29, 1.82) is 0 Å². The molecule has 5 rings (SSSR count). The second-order valence-corrected chi connectivity index (χ2v) is 8.01. The molecule has 1 aliphatic carbocycles. The summed E-state index contributed by atoms with van der Waals surface area (Å²) in [4.78, 5) is 4.89. The molecule has 0 spiro atoms. The second kappa shape index (κ2) is 7.59. The van der Waals surface area contributed by atoms with Crippen LogP contribution in [0.3, 0.4) is 0 Å². The molecule has 3 aromatic rings. The lowest BCUT2D eigenvalue weighted by Gasteiger charge is -2.23. The van der Waals surface area contributed by atoms with Crippen LogP contribution in [0.1, 0.15) is 39.0 Å². The minimum atomic E-state index is 0.253. The molecule has 1 aliphatic heterocycles. The summed E-state index contributed by atoms with van der Waals surface area (Å²) in [6.45, 7) is 5.34. The molecular weight excluding hydrogens is 352 g/mol. The van der Waals surface area contributed by atoms with Crippen molar-refractivity contribution >= 4 is 27.6 Å². The molecule has 6 heteroatoms. The van der Waals surface area contributed by atoms with Crippen LogP contribution < -0.4 is 10.1 Å². The first-order valence-electron chi connectivity index (χ1n) is 10.6. The normalized spacial score (nSPS) is 20.0. The Morgan fingerprint density at radius 1 is 1.21 bits per heavy atom. The predicted molar refractivity (Wildman–Crippen MR) is 111 cm³/mol. The van der Waals surface area contributed by atoms with Crippen LogP contribution in [0, 0.1) is 5.92 Å². The average molecular weight is 380 g/mol. The number of aryl methyl sites for hydroxylation is 1. The number of benzene rings is 1. The van der Waals surface area contributed by atoms with Crippen molar-refractivity contribution in [1.82, 2.24) is 14.8 Å². The number of rotatable bonds is 7. The van der Waals surface area contributed by atoms with Crippen molar-refractivity contribution in [3.8, 4) is 5.75 Å². The van der Waals surface area contributed by atoms with E-state index in [1.807, 2.05) is 16.9 Å². The molecular formula is C22H28N4O2. The maximum Gasteiger partial charge on any atom is 0.160 e. The van der Waals surface area contributed by atoms with Gasteiger partial charge in [0.2, 0.25) is 0 Å². The van der Waals surface area contributed by atoms with Crippen LogP contribution >= 0.6 is 0 Å². The van der Waals surface area contributed by atoms with E-state index in [1.165, 1.54) is 32.1 Å². The summed E-state index contributed by atoms with van der Waals surface area (Å²) in [5.74, 6) is 1.62. The van der Waals surface area contributed by atoms with Gasteiger partial charge in [-0.1, -0.05) is 19.3 Å². The van der Waals surface area contributed by atoms with Crippen molar-refractivity contribution in [3.63, 3.8) is 0 Å². The van der Waals surface area contributed by atoms with Gasteiger partial charge in [0.05, 0.1) is 29.4 Å². The molecule has 2 aromatic heterocycles. The van der Waals surface area contributed by atoms with Crippen molar-refractivity contribution < 1.29 is 9.47 Å². The number of fused-ring (bicyclic) bond motifs is 2. The first-order valence-corrected chi connectivity index (χ1v) is 10.6. The van der Waals surface area contributed by atoms with Crippen LogP contribution in [0.4, 0.5) is 5.69 Å². The number of nitrogens with zero attached hydrogens (tertiary/aromatic N) is 3. The van der Waals surface area contributed by atoms with E-state index in [-0.39, 0.29) is 6.10 Å². The number of hydrogen-bond acceptors (Lipinski definition) is 5. The average Bonchev–Trinajstić information content (AvgIpc) is 3.48. The Balaban J connectivity index is 1.52. The largest absolute Gasteiger partial charge is 0.491 e. The first kappa shape index (κ1) is 17.7. The summed E-state index contributed by atoms with van der Waals surface area (Å²) in [6.07, 6.45) is 8.93. The van der Waals surface area contributed by atoms with E-state index in [2.05, 4.69) is 29.5 Å². The van der Waals surface area contributed by atoms with E-state index in [0.29, 0.717) is 6.61 Å². The summed E-state index contributed by atoms with van der Waals surface area (Å²) in [6, 6.07) is 6.16. The molecule has 2 fully saturated rings. The molecule has 0 bridgehead atoms. The Morgan fingerprint density at radius 3 is 2.86 bits per heavy atom. The van der Waals surface area contributed by atoms with Gasteiger partial charge in [0.25, 0.3) is 0 Å². The fraction of sp³-hybridized carbons (Fsp3) is 0.545. The summed E-state index contributed by atoms with van der Waals surface area (Å²) in [7, 11) is 0. The fourth-order valence-corrected chi connectivity index (χ4v) is 4.25. The van der Waals surface area contributed by atoms with Gasteiger partial charge in [-0.25, -0.2) is 9.67 Å². The molecule has 0 amide bonds. The van der Waals surface area contributed by atoms with Gasteiger partial charge < -0.3 is 14.8 Å². The number of hydrogen-bond donors (Lipinski definition) is 1. The van der Waals surface area contributed by atoms with Crippen molar-refractivity contribution in [3.05, 3.63) is 24.4 Å². The SMILES string of the molecule is CCn1ncc2c(NCC3CCCCC3)c3cc(OCC4CO4)ccc3nc21. The van der Waals surface area contributed by atoms with Gasteiger partial charge in [-0.05, 0) is 43.9 Å². The molecule has 1 saturated heterocycles. The number of aromatic nitrogens is 3. The number of epoxide rings is 1. The van der Waals surface area contributed by atoms with Crippen LogP contribution in [0.15, 0.2) is 24.4 Å². The third-order valence-electron chi connectivity index (χ3n) is 5.97. The van der Waals surface area contributed by atoms with Crippen molar-refractivity contribution in [2.24, 2.45) is 5.92 Å². The maximum absolute atomic E-state index is 5.92. The molecule has 3 heterocycles. The lowest BCUT2D eigenvalue weighted by Crippen LogP contribution is -2.17. The lowest BCUT2D eigenvalue weighted by molar-refractivity contribution is 0.263. The number of ether oxygens (including phenoxy) is 2. The van der Waals surface area contributed by atoms with Crippen LogP contribution in [-0.2, 0) is 11.3 Å². The molecule has 148 valence electrons. The third kappa shape index (κ3) is 3.53. The zero-order valence-electron chi connectivity index (χ0n) is 16.5. The Labute approximate surface area is 165 Å². The summed E-state index contributed by atoms with van der Waals surface area (Å²) in [5, 5.41) is 10.5. The molecule has 1 aromatic carbocycles. The number of nitrogens with one attached hydrogen (secondary N) is 1. The van der Waals surface area contributed by atoms with Crippen LogP contribution in [0.2, 0.25) is 0 Å². The number of pyridine rings is 1. The van der Waals surface area contributed by atoms with Gasteiger partial charge in [0.1, 0.15) is 18.5 Å². The van der Waals surface area contributed by atoms with Crippen molar-refractivity contribution in [2.75, 3.05) is 25.1 Å². The zero-order chi connectivity index (χ0) is 18.9. The summed E-state index contributed by atoms with van der Waals surface area (Å²) < 4.78 is 13.2. The second-order valence-electron chi connectivity index (χ2n) is 8.01. The van der Waals surface area contributed by atoms with Gasteiger partial charge in [-0.15, -0.1) is 0 Å². The minimum Gasteiger partial charge on any atom is -0.491 e. The van der Waals surface area contributed by atoms with E-state index in [9.17, 15) is 0 Å². The standard InChI is InChI=1S/C22H28N4O2/c1-2-26-22-19(12-24-26)21(23-11-15-6-4-3-5-7-15)18-10-16(8-9-20(18)25-22)27-13-17-14-28-17/h8-10,12,15,17H,2-7,11,13-14H2,1H3,(H,23,25). The topological polar surface area (TPSA) is 64.5 Å². The molecule has 1 N–H and O–H groups in total. The monoisotopic (exact) mass is 380 g/mol. The first-order chi connectivity index (χ1) is 13.8. The Kier molecular flexibility index (Phi) is 4.81. The summed E-state index contributed by atoms with van der Waals surface area (Å²) >= 11 is 0. The van der Waals surface area contributed by atoms with E-state index in [1.54, 1.807) is 0 Å². The number of anilines is 1. The minimum absolute atomic E-state index is 0.253. The van der Waals surface area contributed by atoms with Crippen LogP contribution in [-0.4, -0.2) is 40.6 Å². The van der Waals surface area contributed by atoms with Gasteiger partial charge in [0.15, 0.2) is 5.65 Å². The Hall–Kier alpha value is -2.34. The van der Waals surface area contributed by atoms with Gasteiger partial charge in [-0.3, -0.25) is 0 Å². The van der Waals surface area contributed by atoms with Gasteiger partial charge in [0, 0.05) is 18.5 Å². The Bertz CT molecular complexity index is 973. The Morgan fingerprint density at radius 2 is 2.07 bits per heavy atom. The molecule has 0 radical (unpaired) electrons. The zero-order valence-corrected chi connectivity index (χ0v) is 16.5. The molecule has 2 aliphatic rings. The highest BCUT2D eigenvalue weighted by atomic mass is 16.6. The van der Waals surface area contributed by atoms with Crippen molar-refractivity contribution in [2.45, 2.75) is 51.7 Å². The highest BCUT2D eigenvalue weighted by Crippen LogP contribution is 2.34. The fourth-order valence-electron chi connectivity index (χ4n) is 4.25. The van der Waals surface area contributed by atoms with E-state index in [4.69, 9.17) is 14.5 Å². The smallest absolute Gasteiger partial charge is 0.160 e. The predicted octanol–water partition coefficient (Wildman–Crippen LogP) is 4.37. The molecule has 1 saturated carbocycles. The molecule has 1 unspecified atom stereocenters. The van der Waals surface area contributed by atoms with E-state index >= 15 is 0 Å². The molecule has 6 nitrogen and oxygen atoms in total. The van der Waals surface area contributed by atoms with Crippen LogP contribution in [0.25, 0.3) is 21.9 Å². The summed E-state index contributed by atoms with van der Waals surface area (Å²) in [5.41, 5.74) is 3.06. The lowest BCUT2D eigenvalue weighted by atomic mass is 9.89. The van der Waals surface area contributed by atoms with Gasteiger partial charge in [-0.2, -0.15) is 5.10 Å². The van der Waals surface area contributed by atoms with Crippen LogP contribution in [0.5, 0.6) is 5.75 Å². The maximum atomic E-state index is 5.92. The van der Waals surface area contributed by atoms with Gasteiger partial charge >= 0.3 is 0 Å². The highest BCUT2D eigenvalue weighted by molar-refractivity contribution is 6.06. The molecule has 1 atom stereocenters. The van der Waals surface area contributed by atoms with E-state index in [0.717, 1.165) is 59.0 Å². The van der Waals surface area contributed by atoms with E-state index < -0.39 is 0 Å².